The fraction of sp³-hybridized carbons (Fsp3) is 0.583. The number of carbonyl (C=O) groups excluding carboxylic acids is 1. The summed E-state index contributed by atoms with van der Waals surface area (Å²) >= 11 is 0. The summed E-state index contributed by atoms with van der Waals surface area (Å²) < 4.78 is 0. The second-order valence-electron chi connectivity index (χ2n) is 4.35. The third-order valence-corrected chi connectivity index (χ3v) is 3.09. The highest BCUT2D eigenvalue weighted by Crippen LogP contribution is 2.36. The van der Waals surface area contributed by atoms with Crippen LogP contribution in [0.1, 0.15) is 32.6 Å². The van der Waals surface area contributed by atoms with Gasteiger partial charge in [-0.15, -0.1) is 0 Å². The highest BCUT2D eigenvalue weighted by Gasteiger charge is 2.34. The summed E-state index contributed by atoms with van der Waals surface area (Å²) in [6.07, 6.45) is 3.52. The molecule has 5 heteroatoms. The van der Waals surface area contributed by atoms with Crippen LogP contribution in [0.25, 0.3) is 0 Å². The lowest BCUT2D eigenvalue weighted by Gasteiger charge is -2.20. The Morgan fingerprint density at radius 1 is 1.41 bits per heavy atom. The van der Waals surface area contributed by atoms with Gasteiger partial charge in [0.05, 0.1) is 11.5 Å². The Morgan fingerprint density at radius 3 is 2.41 bits per heavy atom. The van der Waals surface area contributed by atoms with Crippen LogP contribution >= 0.6 is 0 Å². The van der Waals surface area contributed by atoms with E-state index in [9.17, 15) is 4.79 Å². The van der Waals surface area contributed by atoms with Crippen LogP contribution < -0.4 is 5.32 Å². The molecule has 0 atom stereocenters. The van der Waals surface area contributed by atoms with E-state index in [1.54, 1.807) is 6.07 Å². The van der Waals surface area contributed by atoms with Gasteiger partial charge in [-0.1, -0.05) is 12.8 Å². The van der Waals surface area contributed by atoms with E-state index in [1.165, 1.54) is 6.92 Å². The molecule has 0 heterocycles. The highest BCUT2D eigenvalue weighted by atomic mass is 16.3. The fourth-order valence-corrected chi connectivity index (χ4v) is 2.01. The normalized spacial score (nSPS) is 18.8. The summed E-state index contributed by atoms with van der Waals surface area (Å²) in [6, 6.07) is 3.88. The molecular weight excluding hydrogens is 218 g/mol. The molecule has 1 aliphatic carbocycles. The van der Waals surface area contributed by atoms with Gasteiger partial charge < -0.3 is 10.4 Å². The van der Waals surface area contributed by atoms with E-state index >= 15 is 0 Å². The fourth-order valence-electron chi connectivity index (χ4n) is 2.01. The van der Waals surface area contributed by atoms with Gasteiger partial charge in [-0.3, -0.25) is 4.79 Å². The van der Waals surface area contributed by atoms with E-state index in [-0.39, 0.29) is 17.9 Å². The topological polar surface area (TPSA) is 96.9 Å². The molecule has 0 radical (unpaired) electrons. The molecule has 5 nitrogen and oxygen atoms in total. The molecular formula is C12H15N3O2. The van der Waals surface area contributed by atoms with Crippen LogP contribution in [0.2, 0.25) is 0 Å². The smallest absolute Gasteiger partial charge is 0.265 e. The summed E-state index contributed by atoms with van der Waals surface area (Å²) in [5.74, 6) is -0.920. The molecule has 0 aromatic heterocycles. The third kappa shape index (κ3) is 2.98. The van der Waals surface area contributed by atoms with Crippen LogP contribution in [0.15, 0.2) is 11.3 Å². The van der Waals surface area contributed by atoms with Crippen molar-refractivity contribution in [1.82, 2.24) is 5.32 Å². The minimum atomic E-state index is -0.617. The second-order valence-corrected chi connectivity index (χ2v) is 4.35. The van der Waals surface area contributed by atoms with Crippen molar-refractivity contribution in [3.05, 3.63) is 11.3 Å². The minimum Gasteiger partial charge on any atom is -0.511 e. The van der Waals surface area contributed by atoms with Crippen LogP contribution in [-0.2, 0) is 4.79 Å². The Balaban J connectivity index is 2.63. The van der Waals surface area contributed by atoms with Crippen molar-refractivity contribution >= 4 is 5.91 Å². The summed E-state index contributed by atoms with van der Waals surface area (Å²) in [5.41, 5.74) is -0.796. The van der Waals surface area contributed by atoms with E-state index in [0.717, 1.165) is 25.7 Å². The van der Waals surface area contributed by atoms with Crippen molar-refractivity contribution < 1.29 is 9.90 Å². The predicted molar refractivity (Wildman–Crippen MR) is 60.5 cm³/mol. The molecule has 1 aliphatic rings. The van der Waals surface area contributed by atoms with Crippen molar-refractivity contribution in [2.75, 3.05) is 6.54 Å². The zero-order chi connectivity index (χ0) is 12.9. The van der Waals surface area contributed by atoms with Crippen LogP contribution in [0.3, 0.4) is 0 Å². The number of allylic oxidation sites excluding steroid dienone is 1. The van der Waals surface area contributed by atoms with Crippen molar-refractivity contribution in [2.24, 2.45) is 5.41 Å². The standard InChI is InChI=1S/C12H15N3O2/c1-9(16)10(6-13)11(17)15-8-12(7-14)4-2-3-5-12/h16H,2-5,8H2,1H3,(H,15,17)/b10-9-. The molecule has 0 aromatic rings. The number of carbonyl (C=O) groups is 1. The number of hydrogen-bond donors (Lipinski definition) is 2. The molecule has 0 saturated heterocycles. The van der Waals surface area contributed by atoms with Crippen LogP contribution in [-0.4, -0.2) is 17.6 Å². The lowest BCUT2D eigenvalue weighted by Crippen LogP contribution is -2.36. The Hall–Kier alpha value is -2.01. The van der Waals surface area contributed by atoms with E-state index in [0.29, 0.717) is 0 Å². The predicted octanol–water partition coefficient (Wildman–Crippen LogP) is 1.54. The molecule has 17 heavy (non-hydrogen) atoms. The first kappa shape index (κ1) is 13.1. The molecule has 0 bridgehead atoms. The van der Waals surface area contributed by atoms with Crippen molar-refractivity contribution in [2.45, 2.75) is 32.6 Å². The SMILES string of the molecule is C/C(O)=C(\C#N)C(=O)NCC1(C#N)CCCC1. The average Bonchev–Trinajstić information content (AvgIpc) is 2.76. The van der Waals surface area contributed by atoms with Gasteiger partial charge in [-0.05, 0) is 19.8 Å². The monoisotopic (exact) mass is 233 g/mol. The summed E-state index contributed by atoms with van der Waals surface area (Å²) in [7, 11) is 0. The summed E-state index contributed by atoms with van der Waals surface area (Å²) in [5, 5.41) is 29.5. The molecule has 0 unspecified atom stereocenters. The van der Waals surface area contributed by atoms with Gasteiger partial charge >= 0.3 is 0 Å². The molecule has 1 fully saturated rings. The lowest BCUT2D eigenvalue weighted by atomic mass is 9.88. The van der Waals surface area contributed by atoms with Gasteiger partial charge in [0, 0.05) is 6.54 Å². The third-order valence-electron chi connectivity index (χ3n) is 3.09. The molecule has 0 spiro atoms. The van der Waals surface area contributed by atoms with E-state index in [2.05, 4.69) is 11.4 Å². The maximum atomic E-state index is 11.6. The minimum absolute atomic E-state index is 0.237. The van der Waals surface area contributed by atoms with Crippen LogP contribution in [0, 0.1) is 28.1 Å². The van der Waals surface area contributed by atoms with Gasteiger partial charge in [0.15, 0.2) is 5.57 Å². The number of hydrogen-bond acceptors (Lipinski definition) is 4. The maximum Gasteiger partial charge on any atom is 0.265 e. The number of rotatable bonds is 3. The number of aliphatic hydroxyl groups excluding tert-OH is 1. The van der Waals surface area contributed by atoms with Gasteiger partial charge in [0.25, 0.3) is 5.91 Å². The van der Waals surface area contributed by atoms with Gasteiger partial charge in [0.2, 0.25) is 0 Å². The largest absolute Gasteiger partial charge is 0.511 e. The first-order valence-electron chi connectivity index (χ1n) is 5.54. The van der Waals surface area contributed by atoms with Gasteiger partial charge in [0.1, 0.15) is 11.8 Å². The van der Waals surface area contributed by atoms with Crippen molar-refractivity contribution in [3.8, 4) is 12.1 Å². The first-order valence-corrected chi connectivity index (χ1v) is 5.54. The number of aliphatic hydroxyl groups is 1. The summed E-state index contributed by atoms with van der Waals surface area (Å²) in [4.78, 5) is 11.6. The zero-order valence-corrected chi connectivity index (χ0v) is 9.79. The molecule has 1 amide bonds. The molecule has 2 N–H and O–H groups in total. The Morgan fingerprint density at radius 2 is 2.00 bits per heavy atom. The van der Waals surface area contributed by atoms with Crippen LogP contribution in [0.4, 0.5) is 0 Å². The molecule has 1 rings (SSSR count). The number of nitrogens with zero attached hydrogens (tertiary/aromatic N) is 2. The van der Waals surface area contributed by atoms with Crippen LogP contribution in [0.5, 0.6) is 0 Å². The van der Waals surface area contributed by atoms with Gasteiger partial charge in [-0.2, -0.15) is 10.5 Å². The Bertz CT molecular complexity index is 416. The molecule has 0 aliphatic heterocycles. The molecule has 0 aromatic carbocycles. The highest BCUT2D eigenvalue weighted by molar-refractivity contribution is 5.97. The quantitative estimate of drug-likeness (QED) is 0.439. The molecule has 1 saturated carbocycles. The van der Waals surface area contributed by atoms with E-state index in [1.807, 2.05) is 0 Å². The molecule has 90 valence electrons. The average molecular weight is 233 g/mol. The van der Waals surface area contributed by atoms with E-state index in [4.69, 9.17) is 15.6 Å². The zero-order valence-electron chi connectivity index (χ0n) is 9.79. The Labute approximate surface area is 100 Å². The summed E-state index contributed by atoms with van der Waals surface area (Å²) in [6.45, 7) is 1.52. The van der Waals surface area contributed by atoms with E-state index < -0.39 is 11.3 Å². The lowest BCUT2D eigenvalue weighted by molar-refractivity contribution is -0.117. The number of amides is 1. The van der Waals surface area contributed by atoms with Crippen molar-refractivity contribution in [3.63, 3.8) is 0 Å². The Kier molecular flexibility index (Phi) is 4.12. The second kappa shape index (κ2) is 5.36. The van der Waals surface area contributed by atoms with Crippen molar-refractivity contribution in [1.29, 1.82) is 10.5 Å². The van der Waals surface area contributed by atoms with Gasteiger partial charge in [-0.25, -0.2) is 0 Å². The maximum absolute atomic E-state index is 11.6. The number of nitrogens with one attached hydrogen (secondary N) is 1. The number of nitriles is 2. The first-order chi connectivity index (χ1) is 8.04.